The first-order valence-corrected chi connectivity index (χ1v) is 17.1. The van der Waals surface area contributed by atoms with Gasteiger partial charge in [-0.1, -0.05) is 66.7 Å². The molecule has 0 atom stereocenters. The van der Waals surface area contributed by atoms with Crippen molar-refractivity contribution >= 4 is 57.5 Å². The van der Waals surface area contributed by atoms with Crippen LogP contribution in [0.1, 0.15) is 67.2 Å². The van der Waals surface area contributed by atoms with Gasteiger partial charge in [-0.3, -0.25) is 0 Å². The van der Waals surface area contributed by atoms with Crippen LogP contribution in [0.15, 0.2) is 103 Å². The second kappa shape index (κ2) is 11.2. The van der Waals surface area contributed by atoms with Gasteiger partial charge >= 0.3 is 14.2 Å². The van der Waals surface area contributed by atoms with Gasteiger partial charge in [-0.05, 0) is 135 Å². The predicted octanol–water partition coefficient (Wildman–Crippen LogP) is 8.34. The Labute approximate surface area is 289 Å². The first-order chi connectivity index (χ1) is 23.2. The van der Waals surface area contributed by atoms with Gasteiger partial charge in [0, 0.05) is 5.56 Å². The average Bonchev–Trinajstić information content (AvgIpc) is 3.43. The Bertz CT molecular complexity index is 1980. The van der Waals surface area contributed by atoms with E-state index >= 15 is 0 Å². The van der Waals surface area contributed by atoms with E-state index in [1.165, 1.54) is 21.5 Å². The minimum atomic E-state index is -0.729. The summed E-state index contributed by atoms with van der Waals surface area (Å²) in [4.78, 5) is 0. The molecule has 2 heterocycles. The van der Waals surface area contributed by atoms with Gasteiger partial charge in [0.15, 0.2) is 0 Å². The molecule has 2 fully saturated rings. The fraction of sp³-hybridized carbons (Fsp3) is 0.317. The molecule has 6 aromatic rings. The second-order valence-corrected chi connectivity index (χ2v) is 15.4. The molecule has 6 nitrogen and oxygen atoms in total. The van der Waals surface area contributed by atoms with Gasteiger partial charge in [-0.2, -0.15) is 0 Å². The molecular formula is C41H42B2O6. The van der Waals surface area contributed by atoms with E-state index in [1.807, 2.05) is 48.5 Å². The van der Waals surface area contributed by atoms with Crippen LogP contribution in [-0.2, 0) is 18.6 Å². The first-order valence-electron chi connectivity index (χ1n) is 17.1. The zero-order chi connectivity index (χ0) is 34.3. The quantitative estimate of drug-likeness (QED) is 0.0983. The van der Waals surface area contributed by atoms with Gasteiger partial charge in [0.05, 0.1) is 22.4 Å². The number of rotatable bonds is 7. The largest absolute Gasteiger partial charge is 0.494 e. The lowest BCUT2D eigenvalue weighted by Crippen LogP contribution is -2.41. The molecule has 248 valence electrons. The molecule has 0 aromatic heterocycles. The minimum absolute atomic E-state index is 0.416. The summed E-state index contributed by atoms with van der Waals surface area (Å²) >= 11 is 0. The molecule has 2 aliphatic rings. The van der Waals surface area contributed by atoms with Gasteiger partial charge in [-0.15, -0.1) is 0 Å². The Kier molecular flexibility index (Phi) is 7.37. The maximum Gasteiger partial charge on any atom is 0.494 e. The zero-order valence-corrected chi connectivity index (χ0v) is 29.5. The van der Waals surface area contributed by atoms with Crippen molar-refractivity contribution in [2.24, 2.45) is 0 Å². The summed E-state index contributed by atoms with van der Waals surface area (Å²) in [6.45, 7) is 16.5. The van der Waals surface area contributed by atoms with Gasteiger partial charge in [0.25, 0.3) is 6.29 Å². The Balaban J connectivity index is 1.12. The van der Waals surface area contributed by atoms with Crippen molar-refractivity contribution in [3.8, 4) is 11.5 Å². The van der Waals surface area contributed by atoms with Crippen LogP contribution in [0.2, 0.25) is 0 Å². The van der Waals surface area contributed by atoms with E-state index in [-0.39, 0.29) is 0 Å². The van der Waals surface area contributed by atoms with Crippen LogP contribution in [-0.4, -0.2) is 36.6 Å². The maximum atomic E-state index is 6.66. The zero-order valence-electron chi connectivity index (χ0n) is 29.5. The van der Waals surface area contributed by atoms with Crippen LogP contribution in [0.3, 0.4) is 0 Å². The van der Waals surface area contributed by atoms with E-state index in [2.05, 4.69) is 110 Å². The van der Waals surface area contributed by atoms with Crippen LogP contribution in [0.25, 0.3) is 32.3 Å². The fourth-order valence-corrected chi connectivity index (χ4v) is 6.69. The van der Waals surface area contributed by atoms with Crippen LogP contribution in [0.4, 0.5) is 0 Å². The summed E-state index contributed by atoms with van der Waals surface area (Å²) in [7, 11) is -0.901. The summed E-state index contributed by atoms with van der Waals surface area (Å²) in [5, 5.41) is 7.27. The van der Waals surface area contributed by atoms with E-state index < -0.39 is 42.9 Å². The summed E-state index contributed by atoms with van der Waals surface area (Å²) < 4.78 is 38.4. The lowest BCUT2D eigenvalue weighted by Gasteiger charge is -2.32. The number of ether oxygens (including phenoxy) is 2. The maximum absolute atomic E-state index is 6.66. The topological polar surface area (TPSA) is 55.4 Å². The highest BCUT2D eigenvalue weighted by molar-refractivity contribution is 6.62. The molecule has 0 spiro atoms. The second-order valence-electron chi connectivity index (χ2n) is 15.4. The van der Waals surface area contributed by atoms with Crippen LogP contribution in [0, 0.1) is 0 Å². The summed E-state index contributed by atoms with van der Waals surface area (Å²) in [5.41, 5.74) is 1.12. The SMILES string of the molecule is CC1(C)OB(c2ccc(OC(Oc3ccc(B4OC(C)(C)C(C)(C)O4)cc3)c3cc4ccc5cccc6ccc(c3)c4c56)cc2)OC1(C)C. The van der Waals surface area contributed by atoms with Gasteiger partial charge < -0.3 is 28.1 Å². The van der Waals surface area contributed by atoms with Crippen LogP contribution < -0.4 is 20.4 Å². The lowest BCUT2D eigenvalue weighted by atomic mass is 9.79. The smallest absolute Gasteiger partial charge is 0.451 e. The number of hydrogen-bond acceptors (Lipinski definition) is 6. The Morgan fingerprint density at radius 2 is 0.796 bits per heavy atom. The highest BCUT2D eigenvalue weighted by Gasteiger charge is 2.52. The van der Waals surface area contributed by atoms with Crippen molar-refractivity contribution in [2.75, 3.05) is 0 Å². The molecule has 0 N–H and O–H groups in total. The predicted molar refractivity (Wildman–Crippen MR) is 198 cm³/mol. The van der Waals surface area contributed by atoms with E-state index in [0.717, 1.165) is 27.3 Å². The first kappa shape index (κ1) is 32.2. The highest BCUT2D eigenvalue weighted by Crippen LogP contribution is 2.40. The molecule has 0 amide bonds. The monoisotopic (exact) mass is 652 g/mol. The third-order valence-corrected chi connectivity index (χ3v) is 11.1. The third kappa shape index (κ3) is 5.55. The van der Waals surface area contributed by atoms with E-state index in [4.69, 9.17) is 28.1 Å². The van der Waals surface area contributed by atoms with Gasteiger partial charge in [0.1, 0.15) is 11.5 Å². The van der Waals surface area contributed by atoms with Gasteiger partial charge in [-0.25, -0.2) is 0 Å². The number of hydrogen-bond donors (Lipinski definition) is 0. The Hall–Kier alpha value is -4.07. The average molecular weight is 652 g/mol. The molecule has 0 bridgehead atoms. The number of benzene rings is 6. The van der Waals surface area contributed by atoms with E-state index in [0.29, 0.717) is 11.5 Å². The normalized spacial score (nSPS) is 19.4. The third-order valence-electron chi connectivity index (χ3n) is 11.1. The summed E-state index contributed by atoms with van der Waals surface area (Å²) in [5.74, 6) is 1.34. The Morgan fingerprint density at radius 3 is 1.18 bits per heavy atom. The molecule has 2 aliphatic heterocycles. The molecule has 49 heavy (non-hydrogen) atoms. The lowest BCUT2D eigenvalue weighted by molar-refractivity contribution is 0.00402. The summed E-state index contributed by atoms with van der Waals surface area (Å²) in [6.07, 6.45) is -0.729. The molecule has 8 heteroatoms. The van der Waals surface area contributed by atoms with Crippen LogP contribution in [0.5, 0.6) is 11.5 Å². The van der Waals surface area contributed by atoms with Crippen molar-refractivity contribution in [1.82, 2.24) is 0 Å². The molecule has 0 aliphatic carbocycles. The van der Waals surface area contributed by atoms with Crippen molar-refractivity contribution in [3.63, 3.8) is 0 Å². The fourth-order valence-electron chi connectivity index (χ4n) is 6.69. The van der Waals surface area contributed by atoms with Crippen molar-refractivity contribution in [2.45, 2.75) is 84.1 Å². The molecule has 0 saturated carbocycles. The van der Waals surface area contributed by atoms with Crippen LogP contribution >= 0.6 is 0 Å². The van der Waals surface area contributed by atoms with Crippen molar-refractivity contribution in [3.05, 3.63) is 109 Å². The van der Waals surface area contributed by atoms with E-state index in [1.54, 1.807) is 0 Å². The molecule has 8 rings (SSSR count). The van der Waals surface area contributed by atoms with Crippen molar-refractivity contribution in [1.29, 1.82) is 0 Å². The Morgan fingerprint density at radius 1 is 0.449 bits per heavy atom. The molecule has 2 saturated heterocycles. The molecular weight excluding hydrogens is 610 g/mol. The molecule has 6 aromatic carbocycles. The van der Waals surface area contributed by atoms with Gasteiger partial charge in [0.2, 0.25) is 0 Å². The highest BCUT2D eigenvalue weighted by atomic mass is 16.7. The standard InChI is InChI=1S/C41H42B2O6/c1-38(2)39(3,4)47-42(46-38)31-16-20-33(21-17-31)44-37(45-34-22-18-32(19-23-34)43-48-40(5,6)41(7,8)49-43)30-24-28-14-12-26-10-9-11-27-13-15-29(25-30)36(28)35(26)27/h9-25,37H,1-8H3. The molecule has 0 radical (unpaired) electrons. The minimum Gasteiger partial charge on any atom is -0.451 e. The summed E-state index contributed by atoms with van der Waals surface area (Å²) in [6, 6.07) is 35.3. The van der Waals surface area contributed by atoms with Crippen molar-refractivity contribution < 1.29 is 28.1 Å². The van der Waals surface area contributed by atoms with E-state index in [9.17, 15) is 0 Å². The molecule has 0 unspecified atom stereocenters.